The molecule has 0 spiro atoms. The van der Waals surface area contributed by atoms with Gasteiger partial charge in [-0.15, -0.1) is 5.10 Å². The van der Waals surface area contributed by atoms with Crippen LogP contribution in [0.15, 0.2) is 48.8 Å². The van der Waals surface area contributed by atoms with Crippen LogP contribution in [0.4, 0.5) is 0 Å². The summed E-state index contributed by atoms with van der Waals surface area (Å²) in [6, 6.07) is 13.2. The summed E-state index contributed by atoms with van der Waals surface area (Å²) < 4.78 is 6.89. The van der Waals surface area contributed by atoms with Crippen LogP contribution in [0.3, 0.4) is 0 Å². The van der Waals surface area contributed by atoms with Gasteiger partial charge < -0.3 is 10.1 Å². The minimum absolute atomic E-state index is 0.110. The number of aromatic nitrogens is 4. The Morgan fingerprint density at radius 2 is 2.08 bits per heavy atom. The number of para-hydroxylation sites is 1. The first kappa shape index (κ1) is 16.6. The summed E-state index contributed by atoms with van der Waals surface area (Å²) in [6.07, 6.45) is 2.23. The van der Waals surface area contributed by atoms with Gasteiger partial charge in [-0.2, -0.15) is 0 Å². The number of hydrogen-bond donors (Lipinski definition) is 1. The number of amides is 1. The smallest absolute Gasteiger partial charge is 0.251 e. The lowest BCUT2D eigenvalue weighted by molar-refractivity contribution is 0.0954. The summed E-state index contributed by atoms with van der Waals surface area (Å²) in [4.78, 5) is 12.3. The maximum Gasteiger partial charge on any atom is 0.251 e. The molecule has 1 amide bonds. The highest BCUT2D eigenvalue weighted by atomic mass is 16.5. The Morgan fingerprint density at radius 3 is 2.80 bits per heavy atom. The number of ether oxygens (including phenoxy) is 1. The molecule has 25 heavy (non-hydrogen) atoms. The zero-order valence-corrected chi connectivity index (χ0v) is 14.1. The summed E-state index contributed by atoms with van der Waals surface area (Å²) in [5, 5.41) is 14.1. The molecule has 0 saturated heterocycles. The molecule has 128 valence electrons. The van der Waals surface area contributed by atoms with Crippen LogP contribution < -0.4 is 10.1 Å². The zero-order valence-electron chi connectivity index (χ0n) is 14.1. The van der Waals surface area contributed by atoms with E-state index in [-0.39, 0.29) is 5.91 Å². The van der Waals surface area contributed by atoms with Crippen molar-refractivity contribution in [1.82, 2.24) is 25.5 Å². The van der Waals surface area contributed by atoms with E-state index in [4.69, 9.17) is 4.74 Å². The van der Waals surface area contributed by atoms with Crippen LogP contribution in [0.1, 0.15) is 21.5 Å². The minimum Gasteiger partial charge on any atom is -0.496 e. The first-order chi connectivity index (χ1) is 12.2. The standard InChI is InChI=1S/C18H19N5O2/c1-13-11-15(7-8-16(13)23-12-20-21-22-23)18(24)19-10-9-14-5-3-4-6-17(14)25-2/h3-8,11-12H,9-10H2,1-2H3,(H,19,24). The molecule has 7 heteroatoms. The average Bonchev–Trinajstić information content (AvgIpc) is 3.16. The van der Waals surface area contributed by atoms with E-state index in [1.807, 2.05) is 43.3 Å². The molecule has 0 radical (unpaired) electrons. The van der Waals surface area contributed by atoms with E-state index in [0.29, 0.717) is 18.5 Å². The van der Waals surface area contributed by atoms with Gasteiger partial charge >= 0.3 is 0 Å². The van der Waals surface area contributed by atoms with E-state index < -0.39 is 0 Å². The summed E-state index contributed by atoms with van der Waals surface area (Å²) in [7, 11) is 1.65. The average molecular weight is 337 g/mol. The van der Waals surface area contributed by atoms with Crippen molar-refractivity contribution in [2.24, 2.45) is 0 Å². The second-order valence-corrected chi connectivity index (χ2v) is 5.57. The molecule has 1 aromatic heterocycles. The lowest BCUT2D eigenvalue weighted by atomic mass is 10.1. The van der Waals surface area contributed by atoms with Crippen molar-refractivity contribution < 1.29 is 9.53 Å². The summed E-state index contributed by atoms with van der Waals surface area (Å²) >= 11 is 0. The Hall–Kier alpha value is -3.22. The van der Waals surface area contributed by atoms with Crippen LogP contribution in [-0.2, 0) is 6.42 Å². The quantitative estimate of drug-likeness (QED) is 0.743. The number of hydrogen-bond acceptors (Lipinski definition) is 5. The molecular formula is C18H19N5O2. The number of methoxy groups -OCH3 is 1. The summed E-state index contributed by atoms with van der Waals surface area (Å²) in [5.41, 5.74) is 3.44. The highest BCUT2D eigenvalue weighted by Crippen LogP contribution is 2.17. The fourth-order valence-electron chi connectivity index (χ4n) is 2.65. The Kier molecular flexibility index (Phi) is 5.03. The molecule has 0 aliphatic heterocycles. The van der Waals surface area contributed by atoms with E-state index in [2.05, 4.69) is 20.8 Å². The van der Waals surface area contributed by atoms with Crippen LogP contribution in [0.25, 0.3) is 5.69 Å². The molecule has 0 fully saturated rings. The molecule has 0 bridgehead atoms. The molecule has 0 aliphatic carbocycles. The Labute approximate surface area is 145 Å². The lowest BCUT2D eigenvalue weighted by Gasteiger charge is -2.10. The largest absolute Gasteiger partial charge is 0.496 e. The first-order valence-corrected chi connectivity index (χ1v) is 7.93. The molecule has 1 N–H and O–H groups in total. The number of benzene rings is 2. The molecule has 0 unspecified atom stereocenters. The molecule has 3 aromatic rings. The summed E-state index contributed by atoms with van der Waals surface area (Å²) in [6.45, 7) is 2.45. The van der Waals surface area contributed by atoms with Gasteiger partial charge in [-0.05, 0) is 59.2 Å². The second kappa shape index (κ2) is 7.57. The molecule has 3 rings (SSSR count). The fourth-order valence-corrected chi connectivity index (χ4v) is 2.65. The van der Waals surface area contributed by atoms with Crippen LogP contribution >= 0.6 is 0 Å². The maximum absolute atomic E-state index is 12.3. The Bertz CT molecular complexity index is 862. The van der Waals surface area contributed by atoms with Gasteiger partial charge in [0, 0.05) is 12.1 Å². The molecule has 0 saturated carbocycles. The van der Waals surface area contributed by atoms with Crippen molar-refractivity contribution in [2.45, 2.75) is 13.3 Å². The van der Waals surface area contributed by atoms with Gasteiger partial charge in [0.1, 0.15) is 12.1 Å². The van der Waals surface area contributed by atoms with E-state index in [1.165, 1.54) is 6.33 Å². The molecule has 7 nitrogen and oxygen atoms in total. The summed E-state index contributed by atoms with van der Waals surface area (Å²) in [5.74, 6) is 0.722. The number of tetrazole rings is 1. The third-order valence-electron chi connectivity index (χ3n) is 3.93. The molecule has 0 aliphatic rings. The van der Waals surface area contributed by atoms with Crippen molar-refractivity contribution in [1.29, 1.82) is 0 Å². The highest BCUT2D eigenvalue weighted by Gasteiger charge is 2.10. The predicted octanol–water partition coefficient (Wildman–Crippen LogP) is 1.95. The lowest BCUT2D eigenvalue weighted by Crippen LogP contribution is -2.26. The first-order valence-electron chi connectivity index (χ1n) is 7.93. The van der Waals surface area contributed by atoms with E-state index in [1.54, 1.807) is 17.9 Å². The van der Waals surface area contributed by atoms with Gasteiger partial charge in [0.15, 0.2) is 0 Å². The third kappa shape index (κ3) is 3.82. The molecule has 1 heterocycles. The van der Waals surface area contributed by atoms with Crippen LogP contribution in [0, 0.1) is 6.92 Å². The predicted molar refractivity (Wildman–Crippen MR) is 92.9 cm³/mol. The third-order valence-corrected chi connectivity index (χ3v) is 3.93. The number of nitrogens with zero attached hydrogens (tertiary/aromatic N) is 4. The number of nitrogens with one attached hydrogen (secondary N) is 1. The molecular weight excluding hydrogens is 318 g/mol. The van der Waals surface area contributed by atoms with Crippen LogP contribution in [-0.4, -0.2) is 39.8 Å². The van der Waals surface area contributed by atoms with Gasteiger partial charge in [0.05, 0.1) is 12.8 Å². The van der Waals surface area contributed by atoms with Crippen LogP contribution in [0.2, 0.25) is 0 Å². The topological polar surface area (TPSA) is 81.9 Å². The highest BCUT2D eigenvalue weighted by molar-refractivity contribution is 5.94. The molecule has 0 atom stereocenters. The number of carbonyl (C=O) groups is 1. The Morgan fingerprint density at radius 1 is 1.24 bits per heavy atom. The van der Waals surface area contributed by atoms with Gasteiger partial charge in [-0.1, -0.05) is 18.2 Å². The Balaban J connectivity index is 1.63. The minimum atomic E-state index is -0.110. The van der Waals surface area contributed by atoms with E-state index in [0.717, 1.165) is 22.6 Å². The molecule has 2 aromatic carbocycles. The fraction of sp³-hybridized carbons (Fsp3) is 0.222. The number of rotatable bonds is 6. The van der Waals surface area contributed by atoms with Crippen molar-refractivity contribution in [3.8, 4) is 11.4 Å². The van der Waals surface area contributed by atoms with Gasteiger partial charge in [-0.3, -0.25) is 4.79 Å². The van der Waals surface area contributed by atoms with E-state index in [9.17, 15) is 4.79 Å². The monoisotopic (exact) mass is 337 g/mol. The number of carbonyl (C=O) groups excluding carboxylic acids is 1. The second-order valence-electron chi connectivity index (χ2n) is 5.57. The van der Waals surface area contributed by atoms with Crippen molar-refractivity contribution in [3.05, 3.63) is 65.5 Å². The normalized spacial score (nSPS) is 10.5. The van der Waals surface area contributed by atoms with Crippen LogP contribution in [0.5, 0.6) is 5.75 Å². The van der Waals surface area contributed by atoms with E-state index >= 15 is 0 Å². The maximum atomic E-state index is 12.3. The van der Waals surface area contributed by atoms with Crippen molar-refractivity contribution in [2.75, 3.05) is 13.7 Å². The van der Waals surface area contributed by atoms with Gasteiger partial charge in [0.25, 0.3) is 5.91 Å². The van der Waals surface area contributed by atoms with Crippen molar-refractivity contribution in [3.63, 3.8) is 0 Å². The van der Waals surface area contributed by atoms with Crippen molar-refractivity contribution >= 4 is 5.91 Å². The van der Waals surface area contributed by atoms with Gasteiger partial charge in [0.2, 0.25) is 0 Å². The SMILES string of the molecule is COc1ccccc1CCNC(=O)c1ccc(-n2cnnn2)c(C)c1. The zero-order chi connectivity index (χ0) is 17.6. The number of aryl methyl sites for hydroxylation is 1. The van der Waals surface area contributed by atoms with Gasteiger partial charge in [-0.25, -0.2) is 4.68 Å².